The number of nitrogens with one attached hydrogen (secondary N) is 1. The van der Waals surface area contributed by atoms with Crippen LogP contribution in [0.25, 0.3) is 0 Å². The largest absolute Gasteiger partial charge is 0.449 e. The average molecular weight is 371 g/mol. The number of aromatic nitrogens is 1. The number of hydrogen-bond donors (Lipinski definition) is 1. The Morgan fingerprint density at radius 3 is 2.73 bits per heavy atom. The highest BCUT2D eigenvalue weighted by atomic mass is 79.9. The van der Waals surface area contributed by atoms with Crippen LogP contribution in [0.5, 0.6) is 0 Å². The summed E-state index contributed by atoms with van der Waals surface area (Å²) in [4.78, 5) is 23.7. The third-order valence-corrected chi connectivity index (χ3v) is 3.18. The minimum Gasteiger partial charge on any atom is -0.449 e. The summed E-state index contributed by atoms with van der Waals surface area (Å²) in [5, 5.41) is 6.01. The lowest BCUT2D eigenvalue weighted by Gasteiger charge is -2.12. The topological polar surface area (TPSA) is 81.4 Å². The van der Waals surface area contributed by atoms with E-state index in [0.717, 1.165) is 6.07 Å². The number of esters is 1. The van der Waals surface area contributed by atoms with Crippen LogP contribution in [0.1, 0.15) is 23.0 Å². The molecule has 1 heterocycles. The predicted octanol–water partition coefficient (Wildman–Crippen LogP) is 3.07. The van der Waals surface area contributed by atoms with Crippen molar-refractivity contribution in [3.05, 3.63) is 45.9 Å². The van der Waals surface area contributed by atoms with Crippen LogP contribution in [0.2, 0.25) is 0 Å². The summed E-state index contributed by atoms with van der Waals surface area (Å²) in [6.45, 7) is 3.04. The van der Waals surface area contributed by atoms with E-state index < -0.39 is 23.8 Å². The van der Waals surface area contributed by atoms with Crippen molar-refractivity contribution in [3.8, 4) is 0 Å². The van der Waals surface area contributed by atoms with Crippen molar-refractivity contribution in [2.75, 3.05) is 5.32 Å². The number of hydrogen-bond acceptors (Lipinski definition) is 5. The SMILES string of the molecule is Cc1cc(NC(=O)[C@@H](C)OC(=O)c2ccc(Br)cc2F)no1. The van der Waals surface area contributed by atoms with Gasteiger partial charge in [-0.15, -0.1) is 0 Å². The fraction of sp³-hybridized carbons (Fsp3) is 0.214. The summed E-state index contributed by atoms with van der Waals surface area (Å²) in [6, 6.07) is 5.43. The van der Waals surface area contributed by atoms with Gasteiger partial charge in [0.2, 0.25) is 0 Å². The molecule has 116 valence electrons. The van der Waals surface area contributed by atoms with Gasteiger partial charge in [-0.2, -0.15) is 0 Å². The van der Waals surface area contributed by atoms with E-state index in [4.69, 9.17) is 9.26 Å². The number of halogens is 2. The minimum absolute atomic E-state index is 0.209. The molecule has 0 bridgehead atoms. The molecule has 0 unspecified atom stereocenters. The number of ether oxygens (including phenoxy) is 1. The number of carbonyl (C=O) groups excluding carboxylic acids is 2. The van der Waals surface area contributed by atoms with Gasteiger partial charge in [-0.25, -0.2) is 9.18 Å². The summed E-state index contributed by atoms with van der Waals surface area (Å²) >= 11 is 3.09. The van der Waals surface area contributed by atoms with Crippen LogP contribution >= 0.6 is 15.9 Å². The van der Waals surface area contributed by atoms with E-state index in [0.29, 0.717) is 10.2 Å². The number of benzene rings is 1. The molecule has 6 nitrogen and oxygen atoms in total. The van der Waals surface area contributed by atoms with E-state index in [9.17, 15) is 14.0 Å². The molecule has 0 aliphatic carbocycles. The van der Waals surface area contributed by atoms with Gasteiger partial charge in [0.1, 0.15) is 11.6 Å². The Hall–Kier alpha value is -2.22. The molecule has 0 radical (unpaired) electrons. The van der Waals surface area contributed by atoms with Gasteiger partial charge in [-0.1, -0.05) is 21.1 Å². The molecule has 0 aliphatic rings. The van der Waals surface area contributed by atoms with Crippen molar-refractivity contribution >= 4 is 33.6 Å². The zero-order valence-corrected chi connectivity index (χ0v) is 13.3. The standard InChI is InChI=1S/C14H12BrFN2O4/c1-7-5-12(18-22-7)17-13(19)8(2)21-14(20)10-4-3-9(15)6-11(10)16/h3-6,8H,1-2H3,(H,17,18,19)/t8-/m1/s1. The van der Waals surface area contributed by atoms with Gasteiger partial charge >= 0.3 is 5.97 Å². The first-order valence-electron chi connectivity index (χ1n) is 6.27. The van der Waals surface area contributed by atoms with Crippen LogP contribution in [-0.2, 0) is 9.53 Å². The molecule has 2 aromatic rings. The monoisotopic (exact) mass is 370 g/mol. The molecule has 2 rings (SSSR count). The fourth-order valence-corrected chi connectivity index (χ4v) is 1.92. The van der Waals surface area contributed by atoms with E-state index in [1.54, 1.807) is 6.92 Å². The van der Waals surface area contributed by atoms with Crippen molar-refractivity contribution in [1.82, 2.24) is 5.16 Å². The Labute approximate surface area is 133 Å². The molecular formula is C14H12BrFN2O4. The number of amides is 1. The average Bonchev–Trinajstić information content (AvgIpc) is 2.83. The summed E-state index contributed by atoms with van der Waals surface area (Å²) in [5.41, 5.74) is -0.250. The third-order valence-electron chi connectivity index (χ3n) is 2.68. The molecule has 22 heavy (non-hydrogen) atoms. The first kappa shape index (κ1) is 16.2. The molecule has 0 saturated heterocycles. The first-order valence-corrected chi connectivity index (χ1v) is 7.06. The highest BCUT2D eigenvalue weighted by Crippen LogP contribution is 2.17. The molecule has 0 spiro atoms. The number of carbonyl (C=O) groups is 2. The van der Waals surface area contributed by atoms with E-state index >= 15 is 0 Å². The van der Waals surface area contributed by atoms with Crippen molar-refractivity contribution < 1.29 is 23.2 Å². The van der Waals surface area contributed by atoms with Crippen LogP contribution in [0, 0.1) is 12.7 Å². The van der Waals surface area contributed by atoms with Crippen molar-refractivity contribution in [2.45, 2.75) is 20.0 Å². The van der Waals surface area contributed by atoms with Crippen molar-refractivity contribution in [1.29, 1.82) is 0 Å². The molecule has 1 aromatic heterocycles. The van der Waals surface area contributed by atoms with Gasteiger partial charge in [0.05, 0.1) is 5.56 Å². The Kier molecular flexibility index (Phi) is 4.92. The molecular weight excluding hydrogens is 359 g/mol. The summed E-state index contributed by atoms with van der Waals surface area (Å²) < 4.78 is 23.9. The lowest BCUT2D eigenvalue weighted by Crippen LogP contribution is -2.30. The third kappa shape index (κ3) is 3.91. The van der Waals surface area contributed by atoms with Gasteiger partial charge in [-0.3, -0.25) is 4.79 Å². The number of aryl methyl sites for hydroxylation is 1. The number of nitrogens with zero attached hydrogens (tertiary/aromatic N) is 1. The highest BCUT2D eigenvalue weighted by Gasteiger charge is 2.22. The van der Waals surface area contributed by atoms with Gasteiger partial charge in [0.15, 0.2) is 11.9 Å². The zero-order valence-electron chi connectivity index (χ0n) is 11.7. The van der Waals surface area contributed by atoms with Crippen LogP contribution < -0.4 is 5.32 Å². The maximum atomic E-state index is 13.6. The Morgan fingerprint density at radius 2 is 2.14 bits per heavy atom. The minimum atomic E-state index is -1.12. The zero-order chi connectivity index (χ0) is 16.3. The maximum Gasteiger partial charge on any atom is 0.341 e. The summed E-state index contributed by atoms with van der Waals surface area (Å²) in [6.07, 6.45) is -1.12. The molecule has 1 N–H and O–H groups in total. The molecule has 1 atom stereocenters. The normalized spacial score (nSPS) is 11.8. The van der Waals surface area contributed by atoms with E-state index in [-0.39, 0.29) is 11.4 Å². The quantitative estimate of drug-likeness (QED) is 0.836. The van der Waals surface area contributed by atoms with Gasteiger partial charge in [0.25, 0.3) is 5.91 Å². The number of rotatable bonds is 4. The second-order valence-electron chi connectivity index (χ2n) is 4.48. The molecule has 0 aliphatic heterocycles. The van der Waals surface area contributed by atoms with E-state index in [1.807, 2.05) is 0 Å². The molecule has 0 fully saturated rings. The Morgan fingerprint density at radius 1 is 1.41 bits per heavy atom. The first-order chi connectivity index (χ1) is 10.4. The maximum absolute atomic E-state index is 13.6. The van der Waals surface area contributed by atoms with Crippen molar-refractivity contribution in [2.24, 2.45) is 0 Å². The lowest BCUT2D eigenvalue weighted by molar-refractivity contribution is -0.123. The van der Waals surface area contributed by atoms with E-state index in [2.05, 4.69) is 26.4 Å². The summed E-state index contributed by atoms with van der Waals surface area (Å²) in [7, 11) is 0. The van der Waals surface area contributed by atoms with Gasteiger partial charge < -0.3 is 14.6 Å². The molecule has 0 saturated carbocycles. The smallest absolute Gasteiger partial charge is 0.341 e. The Balaban J connectivity index is 1.99. The molecule has 8 heteroatoms. The number of anilines is 1. The summed E-state index contributed by atoms with van der Waals surface area (Å²) in [5.74, 6) is -1.53. The van der Waals surface area contributed by atoms with Gasteiger partial charge in [-0.05, 0) is 32.0 Å². The van der Waals surface area contributed by atoms with Crippen molar-refractivity contribution in [3.63, 3.8) is 0 Å². The second-order valence-corrected chi connectivity index (χ2v) is 5.40. The molecule has 1 amide bonds. The second kappa shape index (κ2) is 6.69. The van der Waals surface area contributed by atoms with E-state index in [1.165, 1.54) is 25.1 Å². The Bertz CT molecular complexity index is 717. The fourth-order valence-electron chi connectivity index (χ4n) is 1.59. The predicted molar refractivity (Wildman–Crippen MR) is 78.8 cm³/mol. The van der Waals surface area contributed by atoms with Crippen LogP contribution in [0.3, 0.4) is 0 Å². The van der Waals surface area contributed by atoms with Crippen LogP contribution in [-0.4, -0.2) is 23.1 Å². The molecule has 1 aromatic carbocycles. The van der Waals surface area contributed by atoms with Gasteiger partial charge in [0, 0.05) is 10.5 Å². The lowest BCUT2D eigenvalue weighted by atomic mass is 10.2. The van der Waals surface area contributed by atoms with Crippen LogP contribution in [0.4, 0.5) is 10.2 Å². The van der Waals surface area contributed by atoms with Crippen LogP contribution in [0.15, 0.2) is 33.3 Å². The highest BCUT2D eigenvalue weighted by molar-refractivity contribution is 9.10.